The Morgan fingerprint density at radius 3 is 2.89 bits per heavy atom. The molecule has 1 aromatic carbocycles. The Hall–Kier alpha value is -0.960. The van der Waals surface area contributed by atoms with E-state index in [1.807, 2.05) is 11.8 Å². The van der Waals surface area contributed by atoms with E-state index in [1.165, 1.54) is 37.0 Å². The van der Waals surface area contributed by atoms with Gasteiger partial charge in [-0.25, -0.2) is 0 Å². The van der Waals surface area contributed by atoms with Gasteiger partial charge in [0, 0.05) is 11.8 Å². The molecule has 1 aliphatic heterocycles. The van der Waals surface area contributed by atoms with Crippen molar-refractivity contribution in [3.05, 3.63) is 35.9 Å². The first-order chi connectivity index (χ1) is 8.92. The summed E-state index contributed by atoms with van der Waals surface area (Å²) in [5.74, 6) is 2.13. The van der Waals surface area contributed by atoms with Gasteiger partial charge >= 0.3 is 0 Å². The molecule has 1 heterocycles. The summed E-state index contributed by atoms with van der Waals surface area (Å²) in [5, 5.41) is 4.79. The first-order valence-electron chi connectivity index (χ1n) is 6.89. The third-order valence-electron chi connectivity index (χ3n) is 3.90. The first-order valence-corrected chi connectivity index (χ1v) is 7.88. The van der Waals surface area contributed by atoms with Gasteiger partial charge in [-0.1, -0.05) is 54.9 Å². The molecule has 0 amide bonds. The third-order valence-corrected chi connectivity index (χ3v) is 5.02. The first kappa shape index (κ1) is 12.1. The summed E-state index contributed by atoms with van der Waals surface area (Å²) in [5.41, 5.74) is 1.29. The van der Waals surface area contributed by atoms with Gasteiger partial charge in [0.1, 0.15) is 0 Å². The van der Waals surface area contributed by atoms with E-state index in [0.717, 1.165) is 17.6 Å². The Bertz CT molecular complexity index is 416. The van der Waals surface area contributed by atoms with E-state index in [1.54, 1.807) is 0 Å². The van der Waals surface area contributed by atoms with Gasteiger partial charge in [-0.3, -0.25) is 4.99 Å². The molecule has 2 nitrogen and oxygen atoms in total. The van der Waals surface area contributed by atoms with E-state index in [0.29, 0.717) is 6.04 Å². The lowest BCUT2D eigenvalue weighted by molar-refractivity contribution is 0.311. The van der Waals surface area contributed by atoms with Crippen molar-refractivity contribution >= 4 is 16.9 Å². The quantitative estimate of drug-likeness (QED) is 0.881. The maximum absolute atomic E-state index is 4.71. The SMILES string of the molecule is c1ccc(CN=C2NC3CCCCC3CS2)cc1. The molecule has 1 saturated heterocycles. The summed E-state index contributed by atoms with van der Waals surface area (Å²) >= 11 is 1.91. The largest absolute Gasteiger partial charge is 0.362 e. The van der Waals surface area contributed by atoms with Crippen LogP contribution in [-0.2, 0) is 6.54 Å². The van der Waals surface area contributed by atoms with E-state index in [4.69, 9.17) is 4.99 Å². The van der Waals surface area contributed by atoms with Crippen molar-refractivity contribution in [2.75, 3.05) is 5.75 Å². The minimum Gasteiger partial charge on any atom is -0.362 e. The molecule has 18 heavy (non-hydrogen) atoms. The number of thioether (sulfide) groups is 1. The lowest BCUT2D eigenvalue weighted by Gasteiger charge is -2.36. The van der Waals surface area contributed by atoms with E-state index in [9.17, 15) is 0 Å². The molecule has 0 spiro atoms. The molecule has 2 fully saturated rings. The number of nitrogens with zero attached hydrogens (tertiary/aromatic N) is 1. The number of aliphatic imine (C=N–C) groups is 1. The molecule has 0 radical (unpaired) electrons. The van der Waals surface area contributed by atoms with Crippen molar-refractivity contribution in [2.24, 2.45) is 10.9 Å². The molecule has 0 bridgehead atoms. The maximum Gasteiger partial charge on any atom is 0.157 e. The Balaban J connectivity index is 1.60. The zero-order chi connectivity index (χ0) is 12.2. The van der Waals surface area contributed by atoms with Gasteiger partial charge in [-0.2, -0.15) is 0 Å². The lowest BCUT2D eigenvalue weighted by Crippen LogP contribution is -2.46. The molecule has 2 aliphatic rings. The van der Waals surface area contributed by atoms with Crippen LogP contribution in [0.5, 0.6) is 0 Å². The van der Waals surface area contributed by atoms with Crippen LogP contribution in [-0.4, -0.2) is 17.0 Å². The van der Waals surface area contributed by atoms with Crippen LogP contribution in [0.15, 0.2) is 35.3 Å². The second-order valence-corrected chi connectivity index (χ2v) is 6.22. The molecule has 3 rings (SSSR count). The highest BCUT2D eigenvalue weighted by Gasteiger charge is 2.29. The second kappa shape index (κ2) is 5.79. The summed E-state index contributed by atoms with van der Waals surface area (Å²) < 4.78 is 0. The standard InChI is InChI=1S/C15H20N2S/c1-2-6-12(7-3-1)10-16-15-17-14-9-5-4-8-13(14)11-18-15/h1-3,6-7,13-14H,4-5,8-11H2,(H,16,17). The van der Waals surface area contributed by atoms with Crippen LogP contribution in [0.1, 0.15) is 31.2 Å². The van der Waals surface area contributed by atoms with Gasteiger partial charge in [-0.05, 0) is 24.3 Å². The van der Waals surface area contributed by atoms with Gasteiger partial charge in [0.25, 0.3) is 0 Å². The highest BCUT2D eigenvalue weighted by Crippen LogP contribution is 2.31. The number of hydrogen-bond donors (Lipinski definition) is 1. The number of benzene rings is 1. The van der Waals surface area contributed by atoms with Crippen LogP contribution in [0.2, 0.25) is 0 Å². The van der Waals surface area contributed by atoms with Crippen LogP contribution in [0.25, 0.3) is 0 Å². The van der Waals surface area contributed by atoms with E-state index >= 15 is 0 Å². The topological polar surface area (TPSA) is 24.4 Å². The monoisotopic (exact) mass is 260 g/mol. The van der Waals surface area contributed by atoms with Crippen molar-refractivity contribution in [3.8, 4) is 0 Å². The Kier molecular flexibility index (Phi) is 3.89. The lowest BCUT2D eigenvalue weighted by atomic mass is 9.86. The Labute approximate surface area is 113 Å². The molecule has 2 atom stereocenters. The zero-order valence-electron chi connectivity index (χ0n) is 10.6. The summed E-state index contributed by atoms with van der Waals surface area (Å²) in [6.07, 6.45) is 5.52. The Morgan fingerprint density at radius 1 is 1.17 bits per heavy atom. The molecule has 1 aromatic rings. The highest BCUT2D eigenvalue weighted by molar-refractivity contribution is 8.13. The number of rotatable bonds is 2. The predicted molar refractivity (Wildman–Crippen MR) is 78.9 cm³/mol. The second-order valence-electron chi connectivity index (χ2n) is 5.21. The fraction of sp³-hybridized carbons (Fsp3) is 0.533. The number of nitrogens with one attached hydrogen (secondary N) is 1. The van der Waals surface area contributed by atoms with Crippen molar-refractivity contribution in [1.29, 1.82) is 0 Å². The van der Waals surface area contributed by atoms with Crippen molar-refractivity contribution in [1.82, 2.24) is 5.32 Å². The molecule has 1 N–H and O–H groups in total. The highest BCUT2D eigenvalue weighted by atomic mass is 32.2. The van der Waals surface area contributed by atoms with Crippen molar-refractivity contribution in [2.45, 2.75) is 38.3 Å². The molecule has 1 aliphatic carbocycles. The molecule has 0 aromatic heterocycles. The number of fused-ring (bicyclic) bond motifs is 1. The average molecular weight is 260 g/mol. The van der Waals surface area contributed by atoms with E-state index in [-0.39, 0.29) is 0 Å². The summed E-state index contributed by atoms with van der Waals surface area (Å²) in [6.45, 7) is 0.799. The van der Waals surface area contributed by atoms with Gasteiger partial charge in [0.05, 0.1) is 6.54 Å². The van der Waals surface area contributed by atoms with Crippen LogP contribution < -0.4 is 5.32 Å². The molecular weight excluding hydrogens is 240 g/mol. The van der Waals surface area contributed by atoms with Crippen molar-refractivity contribution < 1.29 is 0 Å². The Morgan fingerprint density at radius 2 is 2.00 bits per heavy atom. The van der Waals surface area contributed by atoms with Gasteiger partial charge in [-0.15, -0.1) is 0 Å². The van der Waals surface area contributed by atoms with Crippen molar-refractivity contribution in [3.63, 3.8) is 0 Å². The van der Waals surface area contributed by atoms with E-state index in [2.05, 4.69) is 35.6 Å². The number of hydrogen-bond acceptors (Lipinski definition) is 2. The molecule has 3 heteroatoms. The van der Waals surface area contributed by atoms with Gasteiger partial charge in [0.2, 0.25) is 0 Å². The predicted octanol–water partition coefficient (Wildman–Crippen LogP) is 3.44. The fourth-order valence-corrected chi connectivity index (χ4v) is 3.98. The molecule has 2 unspecified atom stereocenters. The van der Waals surface area contributed by atoms with Gasteiger partial charge in [0.15, 0.2) is 5.17 Å². The molecule has 96 valence electrons. The van der Waals surface area contributed by atoms with Crippen LogP contribution in [0.4, 0.5) is 0 Å². The van der Waals surface area contributed by atoms with Gasteiger partial charge < -0.3 is 5.32 Å². The minimum absolute atomic E-state index is 0.689. The van der Waals surface area contributed by atoms with Crippen LogP contribution >= 0.6 is 11.8 Å². The third kappa shape index (κ3) is 2.89. The molecular formula is C15H20N2S. The average Bonchev–Trinajstić information content (AvgIpc) is 2.46. The van der Waals surface area contributed by atoms with E-state index < -0.39 is 0 Å². The summed E-state index contributed by atoms with van der Waals surface area (Å²) in [4.78, 5) is 4.71. The fourth-order valence-electron chi connectivity index (χ4n) is 2.82. The number of amidine groups is 1. The van der Waals surface area contributed by atoms with Crippen LogP contribution in [0, 0.1) is 5.92 Å². The maximum atomic E-state index is 4.71. The smallest absolute Gasteiger partial charge is 0.157 e. The summed E-state index contributed by atoms with van der Waals surface area (Å²) in [6, 6.07) is 11.2. The summed E-state index contributed by atoms with van der Waals surface area (Å²) in [7, 11) is 0. The van der Waals surface area contributed by atoms with Crippen LogP contribution in [0.3, 0.4) is 0 Å². The normalized spacial score (nSPS) is 29.7. The minimum atomic E-state index is 0.689. The molecule has 1 saturated carbocycles. The zero-order valence-corrected chi connectivity index (χ0v) is 11.5.